The molecule has 0 aliphatic carbocycles. The van der Waals surface area contributed by atoms with Crippen LogP contribution < -0.4 is 10.2 Å². The van der Waals surface area contributed by atoms with E-state index in [2.05, 4.69) is 27.9 Å². The highest BCUT2D eigenvalue weighted by Gasteiger charge is 2.09. The molecule has 20 heavy (non-hydrogen) atoms. The summed E-state index contributed by atoms with van der Waals surface area (Å²) in [7, 11) is 3.99. The average Bonchev–Trinajstić information content (AvgIpc) is 2.40. The Kier molecular flexibility index (Phi) is 4.65. The van der Waals surface area contributed by atoms with Crippen LogP contribution in [0.25, 0.3) is 0 Å². The highest BCUT2D eigenvalue weighted by molar-refractivity contribution is 14.1. The van der Waals surface area contributed by atoms with E-state index < -0.39 is 0 Å². The van der Waals surface area contributed by atoms with Gasteiger partial charge in [0.15, 0.2) is 0 Å². The third-order valence-electron chi connectivity index (χ3n) is 3.04. The lowest BCUT2D eigenvalue weighted by Crippen LogP contribution is -2.14. The normalized spacial score (nSPS) is 10.2. The van der Waals surface area contributed by atoms with Crippen LogP contribution in [0.4, 0.5) is 11.4 Å². The summed E-state index contributed by atoms with van der Waals surface area (Å²) in [6.45, 7) is 2.01. The molecule has 0 heterocycles. The molecule has 0 aliphatic heterocycles. The molecule has 1 amide bonds. The van der Waals surface area contributed by atoms with Gasteiger partial charge in [-0.15, -0.1) is 0 Å². The predicted octanol–water partition coefficient (Wildman–Crippen LogP) is 3.92. The van der Waals surface area contributed by atoms with Gasteiger partial charge in [0.1, 0.15) is 0 Å². The molecule has 4 heteroatoms. The zero-order valence-electron chi connectivity index (χ0n) is 11.8. The largest absolute Gasteiger partial charge is 0.377 e. The van der Waals surface area contributed by atoms with Crippen LogP contribution in [-0.4, -0.2) is 20.0 Å². The molecule has 2 aromatic carbocycles. The number of halogens is 1. The van der Waals surface area contributed by atoms with Crippen LogP contribution in [0.2, 0.25) is 0 Å². The summed E-state index contributed by atoms with van der Waals surface area (Å²) in [6.07, 6.45) is 0. The molecule has 0 radical (unpaired) electrons. The van der Waals surface area contributed by atoms with E-state index in [4.69, 9.17) is 0 Å². The SMILES string of the molecule is Cc1cc(C(=O)Nc2ccc(I)cc2)ccc1N(C)C. The number of hydrogen-bond acceptors (Lipinski definition) is 2. The summed E-state index contributed by atoms with van der Waals surface area (Å²) in [6, 6.07) is 13.5. The number of amides is 1. The molecule has 104 valence electrons. The second-order valence-electron chi connectivity index (χ2n) is 4.86. The minimum absolute atomic E-state index is 0.0837. The van der Waals surface area contributed by atoms with Gasteiger partial charge in [-0.25, -0.2) is 0 Å². The lowest BCUT2D eigenvalue weighted by atomic mass is 10.1. The monoisotopic (exact) mass is 380 g/mol. The van der Waals surface area contributed by atoms with Gasteiger partial charge in [0.05, 0.1) is 0 Å². The molecule has 0 saturated carbocycles. The number of aryl methyl sites for hydroxylation is 1. The first-order chi connectivity index (χ1) is 9.47. The molecule has 2 rings (SSSR count). The first-order valence-corrected chi connectivity index (χ1v) is 7.40. The summed E-state index contributed by atoms with van der Waals surface area (Å²) in [5.41, 5.74) is 3.69. The van der Waals surface area contributed by atoms with E-state index in [0.29, 0.717) is 5.56 Å². The smallest absolute Gasteiger partial charge is 0.255 e. The van der Waals surface area contributed by atoms with Crippen molar-refractivity contribution < 1.29 is 4.79 Å². The first kappa shape index (κ1) is 14.8. The van der Waals surface area contributed by atoms with Crippen LogP contribution in [0.1, 0.15) is 15.9 Å². The van der Waals surface area contributed by atoms with Gasteiger partial charge in [-0.3, -0.25) is 4.79 Å². The molecule has 0 unspecified atom stereocenters. The zero-order valence-corrected chi connectivity index (χ0v) is 13.9. The van der Waals surface area contributed by atoms with Crippen LogP contribution in [0.3, 0.4) is 0 Å². The van der Waals surface area contributed by atoms with Gasteiger partial charge in [-0.05, 0) is 77.5 Å². The minimum atomic E-state index is -0.0837. The van der Waals surface area contributed by atoms with Gasteiger partial charge < -0.3 is 10.2 Å². The number of nitrogens with zero attached hydrogens (tertiary/aromatic N) is 1. The van der Waals surface area contributed by atoms with E-state index >= 15 is 0 Å². The molecule has 3 nitrogen and oxygen atoms in total. The second-order valence-corrected chi connectivity index (χ2v) is 6.10. The number of nitrogens with one attached hydrogen (secondary N) is 1. The van der Waals surface area contributed by atoms with Crippen molar-refractivity contribution in [1.82, 2.24) is 0 Å². The molecule has 0 aliphatic rings. The van der Waals surface area contributed by atoms with Crippen molar-refractivity contribution in [2.75, 3.05) is 24.3 Å². The standard InChI is InChI=1S/C16H17IN2O/c1-11-10-12(4-9-15(11)19(2)3)16(20)18-14-7-5-13(17)6-8-14/h4-10H,1-3H3,(H,18,20). The fraction of sp³-hybridized carbons (Fsp3) is 0.188. The van der Waals surface area contributed by atoms with E-state index in [-0.39, 0.29) is 5.91 Å². The minimum Gasteiger partial charge on any atom is -0.377 e. The number of hydrogen-bond donors (Lipinski definition) is 1. The van der Waals surface area contributed by atoms with E-state index in [1.165, 1.54) is 0 Å². The molecule has 1 N–H and O–H groups in total. The number of anilines is 2. The maximum absolute atomic E-state index is 12.2. The van der Waals surface area contributed by atoms with Crippen molar-refractivity contribution in [2.45, 2.75) is 6.92 Å². The van der Waals surface area contributed by atoms with Crippen molar-refractivity contribution in [3.63, 3.8) is 0 Å². The molecular weight excluding hydrogens is 363 g/mol. The Hall–Kier alpha value is -1.56. The second kappa shape index (κ2) is 6.26. The Bertz CT molecular complexity index is 621. The van der Waals surface area contributed by atoms with E-state index in [9.17, 15) is 4.79 Å². The highest BCUT2D eigenvalue weighted by Crippen LogP contribution is 2.20. The Morgan fingerprint density at radius 2 is 1.75 bits per heavy atom. The number of rotatable bonds is 3. The Balaban J connectivity index is 2.17. The number of carbonyl (C=O) groups excluding carboxylic acids is 1. The molecule has 0 atom stereocenters. The van der Waals surface area contributed by atoms with Gasteiger partial charge in [0.25, 0.3) is 5.91 Å². The number of carbonyl (C=O) groups is 1. The summed E-state index contributed by atoms with van der Waals surface area (Å²) >= 11 is 2.24. The van der Waals surface area contributed by atoms with Gasteiger partial charge in [-0.2, -0.15) is 0 Å². The van der Waals surface area contributed by atoms with Crippen molar-refractivity contribution in [3.05, 3.63) is 57.2 Å². The molecule has 2 aromatic rings. The number of benzene rings is 2. The van der Waals surface area contributed by atoms with Crippen molar-refractivity contribution in [2.24, 2.45) is 0 Å². The predicted molar refractivity (Wildman–Crippen MR) is 92.6 cm³/mol. The third-order valence-corrected chi connectivity index (χ3v) is 3.76. The average molecular weight is 380 g/mol. The molecule has 0 bridgehead atoms. The Morgan fingerprint density at radius 1 is 1.10 bits per heavy atom. The topological polar surface area (TPSA) is 32.3 Å². The summed E-state index contributed by atoms with van der Waals surface area (Å²) in [4.78, 5) is 14.2. The summed E-state index contributed by atoms with van der Waals surface area (Å²) in [5.74, 6) is -0.0837. The molecular formula is C16H17IN2O. The zero-order chi connectivity index (χ0) is 14.7. The van der Waals surface area contributed by atoms with Crippen molar-refractivity contribution in [1.29, 1.82) is 0 Å². The highest BCUT2D eigenvalue weighted by atomic mass is 127. The lowest BCUT2D eigenvalue weighted by Gasteiger charge is -2.16. The molecule has 0 saturated heterocycles. The van der Waals surface area contributed by atoms with Gasteiger partial charge >= 0.3 is 0 Å². The van der Waals surface area contributed by atoms with Crippen LogP contribution in [-0.2, 0) is 0 Å². The molecule has 0 spiro atoms. The fourth-order valence-corrected chi connectivity index (χ4v) is 2.39. The van der Waals surface area contributed by atoms with Crippen LogP contribution >= 0.6 is 22.6 Å². The lowest BCUT2D eigenvalue weighted by molar-refractivity contribution is 0.102. The maximum Gasteiger partial charge on any atom is 0.255 e. The Morgan fingerprint density at radius 3 is 2.30 bits per heavy atom. The van der Waals surface area contributed by atoms with E-state index in [0.717, 1.165) is 20.5 Å². The van der Waals surface area contributed by atoms with Gasteiger partial charge in [0, 0.05) is 34.6 Å². The fourth-order valence-electron chi connectivity index (χ4n) is 2.03. The maximum atomic E-state index is 12.2. The van der Waals surface area contributed by atoms with Crippen molar-refractivity contribution in [3.8, 4) is 0 Å². The van der Waals surface area contributed by atoms with E-state index in [1.54, 1.807) is 0 Å². The van der Waals surface area contributed by atoms with Gasteiger partial charge in [-0.1, -0.05) is 0 Å². The quantitative estimate of drug-likeness (QED) is 0.819. The first-order valence-electron chi connectivity index (χ1n) is 6.32. The third kappa shape index (κ3) is 3.50. The van der Waals surface area contributed by atoms with Crippen LogP contribution in [0.15, 0.2) is 42.5 Å². The summed E-state index contributed by atoms with van der Waals surface area (Å²) < 4.78 is 1.15. The molecule has 0 aromatic heterocycles. The van der Waals surface area contributed by atoms with E-state index in [1.807, 2.05) is 68.4 Å². The summed E-state index contributed by atoms with van der Waals surface area (Å²) in [5, 5.41) is 2.91. The Labute approximate surface area is 133 Å². The van der Waals surface area contributed by atoms with Crippen LogP contribution in [0, 0.1) is 10.5 Å². The van der Waals surface area contributed by atoms with Crippen LogP contribution in [0.5, 0.6) is 0 Å². The van der Waals surface area contributed by atoms with Gasteiger partial charge in [0.2, 0.25) is 0 Å². The van der Waals surface area contributed by atoms with Crippen molar-refractivity contribution >= 4 is 39.9 Å². The molecule has 0 fully saturated rings.